The Kier molecular flexibility index (Phi) is 5.73. The van der Waals surface area contributed by atoms with Gasteiger partial charge in [-0.15, -0.1) is 0 Å². The SMILES string of the molecule is CC(C)c1cnn2c(NCc3cccc4ccc(-n5cccn5)nc34)nc(N3CCC(N)CC3)nc12. The first kappa shape index (κ1) is 22.4. The number of nitrogens with one attached hydrogen (secondary N) is 1. The van der Waals surface area contributed by atoms with Crippen molar-refractivity contribution in [1.29, 1.82) is 0 Å². The zero-order chi connectivity index (χ0) is 24.6. The van der Waals surface area contributed by atoms with E-state index in [4.69, 9.17) is 20.7 Å². The lowest BCUT2D eigenvalue weighted by Gasteiger charge is -2.30. The van der Waals surface area contributed by atoms with Crippen LogP contribution in [0, 0.1) is 0 Å². The van der Waals surface area contributed by atoms with Gasteiger partial charge in [0.25, 0.3) is 0 Å². The molecule has 0 unspecified atom stereocenters. The second-order valence-electron chi connectivity index (χ2n) is 9.62. The van der Waals surface area contributed by atoms with Gasteiger partial charge in [-0.05, 0) is 42.5 Å². The summed E-state index contributed by atoms with van der Waals surface area (Å²) in [5, 5.41) is 13.5. The van der Waals surface area contributed by atoms with Gasteiger partial charge in [-0.2, -0.15) is 24.7 Å². The summed E-state index contributed by atoms with van der Waals surface area (Å²) in [6.07, 6.45) is 7.42. The maximum Gasteiger partial charge on any atom is 0.230 e. The predicted octanol–water partition coefficient (Wildman–Crippen LogP) is 3.52. The quantitative estimate of drug-likeness (QED) is 0.378. The second kappa shape index (κ2) is 9.19. The average Bonchev–Trinajstić information content (AvgIpc) is 3.58. The zero-order valence-corrected chi connectivity index (χ0v) is 20.5. The van der Waals surface area contributed by atoms with E-state index in [0.717, 1.165) is 65.4 Å². The Labute approximate surface area is 209 Å². The molecule has 1 fully saturated rings. The van der Waals surface area contributed by atoms with Gasteiger partial charge in [0.2, 0.25) is 11.9 Å². The van der Waals surface area contributed by atoms with E-state index in [1.54, 1.807) is 10.9 Å². The van der Waals surface area contributed by atoms with E-state index in [0.29, 0.717) is 18.4 Å². The van der Waals surface area contributed by atoms with Gasteiger partial charge >= 0.3 is 0 Å². The minimum atomic E-state index is 0.245. The fourth-order valence-corrected chi connectivity index (χ4v) is 4.69. The minimum Gasteiger partial charge on any atom is -0.350 e. The van der Waals surface area contributed by atoms with E-state index < -0.39 is 0 Å². The number of piperidine rings is 1. The van der Waals surface area contributed by atoms with Crippen LogP contribution in [0.2, 0.25) is 0 Å². The Morgan fingerprint density at radius 2 is 1.89 bits per heavy atom. The highest BCUT2D eigenvalue weighted by molar-refractivity contribution is 5.82. The molecule has 5 heterocycles. The molecule has 184 valence electrons. The number of nitrogens with zero attached hydrogens (tertiary/aromatic N) is 8. The molecular weight excluding hydrogens is 452 g/mol. The number of benzene rings is 1. The molecule has 1 aromatic carbocycles. The molecule has 0 atom stereocenters. The maximum atomic E-state index is 6.14. The lowest BCUT2D eigenvalue weighted by Crippen LogP contribution is -2.40. The lowest BCUT2D eigenvalue weighted by atomic mass is 10.1. The third kappa shape index (κ3) is 4.13. The molecule has 10 heteroatoms. The standard InChI is InChI=1S/C26H30N10/c1-17(2)21-16-30-36-24(21)32-26(34-13-9-20(27)10-14-34)33-25(36)28-15-19-6-3-5-18-7-8-22(31-23(18)19)35-12-4-11-29-35/h3-8,11-12,16-17,20H,9-10,13-15,27H2,1-2H3,(H,28,32,33). The van der Waals surface area contributed by atoms with Crippen LogP contribution in [0.4, 0.5) is 11.9 Å². The van der Waals surface area contributed by atoms with Crippen LogP contribution < -0.4 is 16.0 Å². The summed E-state index contributed by atoms with van der Waals surface area (Å²) in [4.78, 5) is 17.0. The van der Waals surface area contributed by atoms with E-state index in [1.165, 1.54) is 0 Å². The van der Waals surface area contributed by atoms with Crippen molar-refractivity contribution >= 4 is 28.4 Å². The molecular formula is C26H30N10. The van der Waals surface area contributed by atoms with Crippen LogP contribution >= 0.6 is 0 Å². The molecule has 5 aromatic rings. The van der Waals surface area contributed by atoms with Crippen molar-refractivity contribution in [3.8, 4) is 5.82 Å². The molecule has 10 nitrogen and oxygen atoms in total. The van der Waals surface area contributed by atoms with Gasteiger partial charge < -0.3 is 16.0 Å². The fourth-order valence-electron chi connectivity index (χ4n) is 4.69. The topological polar surface area (TPSA) is 115 Å². The predicted molar refractivity (Wildman–Crippen MR) is 140 cm³/mol. The maximum absolute atomic E-state index is 6.14. The molecule has 0 amide bonds. The summed E-state index contributed by atoms with van der Waals surface area (Å²) < 4.78 is 3.58. The van der Waals surface area contributed by atoms with E-state index in [1.807, 2.05) is 29.0 Å². The third-order valence-corrected chi connectivity index (χ3v) is 6.79. The Morgan fingerprint density at radius 3 is 2.67 bits per heavy atom. The van der Waals surface area contributed by atoms with Crippen molar-refractivity contribution < 1.29 is 0 Å². The van der Waals surface area contributed by atoms with Crippen LogP contribution in [0.25, 0.3) is 22.4 Å². The molecule has 1 aliphatic rings. The Bertz CT molecular complexity index is 1500. The molecule has 0 spiro atoms. The molecule has 1 saturated heterocycles. The van der Waals surface area contributed by atoms with Gasteiger partial charge in [-0.1, -0.05) is 32.0 Å². The minimum absolute atomic E-state index is 0.245. The van der Waals surface area contributed by atoms with Crippen molar-refractivity contribution in [1.82, 2.24) is 34.3 Å². The van der Waals surface area contributed by atoms with Crippen LogP contribution in [0.3, 0.4) is 0 Å². The van der Waals surface area contributed by atoms with Crippen LogP contribution in [0.1, 0.15) is 43.7 Å². The van der Waals surface area contributed by atoms with Crippen LogP contribution in [-0.4, -0.2) is 53.5 Å². The first-order valence-corrected chi connectivity index (χ1v) is 12.5. The van der Waals surface area contributed by atoms with Gasteiger partial charge in [0, 0.05) is 49.0 Å². The molecule has 0 radical (unpaired) electrons. The molecule has 0 bridgehead atoms. The summed E-state index contributed by atoms with van der Waals surface area (Å²) in [7, 11) is 0. The number of fused-ring (bicyclic) bond motifs is 2. The Morgan fingerprint density at radius 1 is 1.03 bits per heavy atom. The summed E-state index contributed by atoms with van der Waals surface area (Å²) in [5.41, 5.74) is 10.1. The van der Waals surface area contributed by atoms with Crippen LogP contribution in [0.15, 0.2) is 55.0 Å². The van der Waals surface area contributed by atoms with Crippen LogP contribution in [-0.2, 0) is 6.54 Å². The first-order valence-electron chi connectivity index (χ1n) is 12.5. The summed E-state index contributed by atoms with van der Waals surface area (Å²) >= 11 is 0. The van der Waals surface area contributed by atoms with Crippen molar-refractivity contribution in [2.75, 3.05) is 23.3 Å². The van der Waals surface area contributed by atoms with E-state index >= 15 is 0 Å². The summed E-state index contributed by atoms with van der Waals surface area (Å²) in [6.45, 7) is 6.56. The van der Waals surface area contributed by atoms with Crippen molar-refractivity contribution in [3.63, 3.8) is 0 Å². The number of anilines is 2. The van der Waals surface area contributed by atoms with Crippen molar-refractivity contribution in [2.24, 2.45) is 5.73 Å². The molecule has 3 N–H and O–H groups in total. The highest BCUT2D eigenvalue weighted by atomic mass is 15.4. The average molecular weight is 483 g/mol. The third-order valence-electron chi connectivity index (χ3n) is 6.79. The zero-order valence-electron chi connectivity index (χ0n) is 20.5. The lowest BCUT2D eigenvalue weighted by molar-refractivity contribution is 0.495. The number of rotatable bonds is 6. The highest BCUT2D eigenvalue weighted by Gasteiger charge is 2.22. The Balaban J connectivity index is 1.36. The van der Waals surface area contributed by atoms with Gasteiger partial charge in [0.1, 0.15) is 0 Å². The van der Waals surface area contributed by atoms with E-state index in [2.05, 4.69) is 58.5 Å². The molecule has 36 heavy (non-hydrogen) atoms. The highest BCUT2D eigenvalue weighted by Crippen LogP contribution is 2.26. The van der Waals surface area contributed by atoms with Crippen LogP contribution in [0.5, 0.6) is 0 Å². The van der Waals surface area contributed by atoms with Gasteiger partial charge in [0.15, 0.2) is 11.5 Å². The first-order chi connectivity index (χ1) is 17.6. The second-order valence-corrected chi connectivity index (χ2v) is 9.62. The number of aromatic nitrogens is 7. The summed E-state index contributed by atoms with van der Waals surface area (Å²) in [5.74, 6) is 2.47. The number of para-hydroxylation sites is 1. The Hall–Kier alpha value is -4.05. The van der Waals surface area contributed by atoms with Crippen molar-refractivity contribution in [3.05, 3.63) is 66.1 Å². The largest absolute Gasteiger partial charge is 0.350 e. The number of hydrogen-bond acceptors (Lipinski definition) is 8. The molecule has 6 rings (SSSR count). The number of nitrogens with two attached hydrogens (primary N) is 1. The number of pyridine rings is 1. The summed E-state index contributed by atoms with van der Waals surface area (Å²) in [6, 6.07) is 12.4. The number of hydrogen-bond donors (Lipinski definition) is 2. The van der Waals surface area contributed by atoms with Gasteiger partial charge in [-0.25, -0.2) is 9.67 Å². The van der Waals surface area contributed by atoms with Gasteiger partial charge in [0.05, 0.1) is 11.7 Å². The molecule has 0 saturated carbocycles. The molecule has 0 aliphatic carbocycles. The fraction of sp³-hybridized carbons (Fsp3) is 0.346. The van der Waals surface area contributed by atoms with Gasteiger partial charge in [-0.3, -0.25) is 0 Å². The monoisotopic (exact) mass is 482 g/mol. The molecule has 4 aromatic heterocycles. The normalized spacial score (nSPS) is 14.8. The van der Waals surface area contributed by atoms with E-state index in [-0.39, 0.29) is 6.04 Å². The molecule has 1 aliphatic heterocycles. The smallest absolute Gasteiger partial charge is 0.230 e. The van der Waals surface area contributed by atoms with E-state index in [9.17, 15) is 0 Å². The van der Waals surface area contributed by atoms with Crippen molar-refractivity contribution in [2.45, 2.75) is 45.2 Å².